The van der Waals surface area contributed by atoms with Gasteiger partial charge in [0.05, 0.1) is 0 Å². The zero-order valence-corrected chi connectivity index (χ0v) is 15.1. The lowest BCUT2D eigenvalue weighted by Crippen LogP contribution is -2.46. The molecule has 2 aliphatic rings. The van der Waals surface area contributed by atoms with Crippen LogP contribution in [0.5, 0.6) is 0 Å². The molecule has 0 N–H and O–H groups in total. The number of piperidine rings is 1. The van der Waals surface area contributed by atoms with Crippen molar-refractivity contribution < 1.29 is 19.4 Å². The number of amides is 1. The van der Waals surface area contributed by atoms with Crippen LogP contribution in [0.15, 0.2) is 48.5 Å². The summed E-state index contributed by atoms with van der Waals surface area (Å²) < 4.78 is 5.66. The number of nitrogens with zero attached hydrogens (tertiary/aromatic N) is 1. The first-order valence-electron chi connectivity index (χ1n) is 9.46. The van der Waals surface area contributed by atoms with E-state index in [9.17, 15) is 14.7 Å². The second-order valence-electron chi connectivity index (χ2n) is 7.22. The maximum Gasteiger partial charge on any atom is 0.410 e. The van der Waals surface area contributed by atoms with Crippen LogP contribution in [0.2, 0.25) is 0 Å². The maximum atomic E-state index is 12.7. The molecule has 1 fully saturated rings. The molecule has 5 heteroatoms. The quantitative estimate of drug-likeness (QED) is 0.836. The van der Waals surface area contributed by atoms with Gasteiger partial charge in [0, 0.05) is 30.9 Å². The van der Waals surface area contributed by atoms with Crippen molar-refractivity contribution in [3.63, 3.8) is 0 Å². The van der Waals surface area contributed by atoms with Crippen molar-refractivity contribution in [2.24, 2.45) is 0 Å². The van der Waals surface area contributed by atoms with Gasteiger partial charge < -0.3 is 19.5 Å². The molecule has 0 saturated carbocycles. The van der Waals surface area contributed by atoms with Crippen LogP contribution in [0, 0.1) is 0 Å². The Morgan fingerprint density at radius 2 is 1.63 bits per heavy atom. The fourth-order valence-corrected chi connectivity index (χ4v) is 4.32. The highest BCUT2D eigenvalue weighted by Gasteiger charge is 2.32. The van der Waals surface area contributed by atoms with E-state index in [4.69, 9.17) is 4.74 Å². The van der Waals surface area contributed by atoms with Gasteiger partial charge in [-0.15, -0.1) is 0 Å². The molecular weight excluding hydrogens is 342 g/mol. The maximum absolute atomic E-state index is 12.7. The van der Waals surface area contributed by atoms with Crippen molar-refractivity contribution in [3.8, 4) is 11.1 Å². The minimum absolute atomic E-state index is 0.00531. The van der Waals surface area contributed by atoms with Crippen LogP contribution in [-0.4, -0.2) is 36.2 Å². The third-order valence-electron chi connectivity index (χ3n) is 5.60. The van der Waals surface area contributed by atoms with Crippen LogP contribution in [0.3, 0.4) is 0 Å². The van der Waals surface area contributed by atoms with E-state index in [0.29, 0.717) is 13.0 Å². The monoisotopic (exact) mass is 364 g/mol. The summed E-state index contributed by atoms with van der Waals surface area (Å²) in [5, 5.41) is 11.0. The lowest BCUT2D eigenvalue weighted by atomic mass is 9.98. The summed E-state index contributed by atoms with van der Waals surface area (Å²) in [6.07, 6.45) is 1.91. The van der Waals surface area contributed by atoms with E-state index in [1.54, 1.807) is 4.90 Å². The highest BCUT2D eigenvalue weighted by molar-refractivity contribution is 5.79. The van der Waals surface area contributed by atoms with Crippen LogP contribution in [-0.2, 0) is 9.53 Å². The number of hydrogen-bond donors (Lipinski definition) is 0. The highest BCUT2D eigenvalue weighted by atomic mass is 16.6. The summed E-state index contributed by atoms with van der Waals surface area (Å²) in [6.45, 7) is 0.788. The lowest BCUT2D eigenvalue weighted by molar-refractivity contribution is -0.306. The summed E-state index contributed by atoms with van der Waals surface area (Å²) >= 11 is 0. The van der Waals surface area contributed by atoms with E-state index in [2.05, 4.69) is 24.3 Å². The predicted octanol–water partition coefficient (Wildman–Crippen LogP) is 2.93. The van der Waals surface area contributed by atoms with Crippen molar-refractivity contribution >= 4 is 12.1 Å². The Kier molecular flexibility index (Phi) is 4.84. The fraction of sp³-hybridized carbons (Fsp3) is 0.364. The minimum atomic E-state index is -1.13. The van der Waals surface area contributed by atoms with E-state index in [0.717, 1.165) is 24.0 Å². The fourth-order valence-electron chi connectivity index (χ4n) is 4.32. The molecule has 1 aliphatic heterocycles. The van der Waals surface area contributed by atoms with Crippen molar-refractivity contribution in [2.45, 2.75) is 37.6 Å². The molecule has 1 saturated heterocycles. The Hall–Kier alpha value is -2.82. The first-order chi connectivity index (χ1) is 13.1. The molecule has 0 unspecified atom stereocenters. The van der Waals surface area contributed by atoms with Gasteiger partial charge in [-0.3, -0.25) is 0 Å². The number of carboxylic acid groups (broad SMARTS) is 1. The number of hydrogen-bond acceptors (Lipinski definition) is 4. The van der Waals surface area contributed by atoms with Crippen molar-refractivity contribution in [3.05, 3.63) is 59.7 Å². The number of fused-ring (bicyclic) bond motifs is 3. The van der Waals surface area contributed by atoms with Crippen LogP contribution >= 0.6 is 0 Å². The number of ether oxygens (including phenoxy) is 1. The molecule has 27 heavy (non-hydrogen) atoms. The molecule has 140 valence electrons. The summed E-state index contributed by atoms with van der Waals surface area (Å²) in [5.74, 6) is -1.12. The van der Waals surface area contributed by atoms with Gasteiger partial charge >= 0.3 is 6.09 Å². The molecule has 5 nitrogen and oxygen atoms in total. The molecule has 4 rings (SSSR count). The van der Waals surface area contributed by atoms with Crippen molar-refractivity contribution in [2.75, 3.05) is 13.2 Å². The second-order valence-corrected chi connectivity index (χ2v) is 7.22. The third kappa shape index (κ3) is 3.42. The number of carbonyl (C=O) groups is 2. The second kappa shape index (κ2) is 7.43. The SMILES string of the molecule is O=C([O-])C[C@H]1CCCCN1C(=O)OCC1c2ccccc2-c2ccccc21. The Morgan fingerprint density at radius 3 is 2.26 bits per heavy atom. The smallest absolute Gasteiger partial charge is 0.410 e. The van der Waals surface area contributed by atoms with Gasteiger partial charge in [-0.1, -0.05) is 48.5 Å². The van der Waals surface area contributed by atoms with Gasteiger partial charge in [0.15, 0.2) is 0 Å². The number of benzene rings is 2. The van der Waals surface area contributed by atoms with Crippen molar-refractivity contribution in [1.82, 2.24) is 4.90 Å². The molecule has 2 aromatic rings. The van der Waals surface area contributed by atoms with E-state index in [1.807, 2.05) is 24.3 Å². The first kappa shape index (κ1) is 17.6. The van der Waals surface area contributed by atoms with Crippen LogP contribution in [0.25, 0.3) is 11.1 Å². The number of carboxylic acids is 1. The van der Waals surface area contributed by atoms with Crippen molar-refractivity contribution in [1.29, 1.82) is 0 Å². The van der Waals surface area contributed by atoms with Gasteiger partial charge in [-0.25, -0.2) is 4.79 Å². The van der Waals surface area contributed by atoms with Gasteiger partial charge in [0.1, 0.15) is 6.61 Å². The average molecular weight is 364 g/mol. The molecule has 1 atom stereocenters. The molecule has 2 aromatic carbocycles. The van der Waals surface area contributed by atoms with Gasteiger partial charge in [-0.2, -0.15) is 0 Å². The topological polar surface area (TPSA) is 69.7 Å². The molecule has 1 heterocycles. The van der Waals surface area contributed by atoms with Gasteiger partial charge in [0.2, 0.25) is 0 Å². The van der Waals surface area contributed by atoms with Gasteiger partial charge in [-0.05, 0) is 41.5 Å². The molecule has 0 radical (unpaired) electrons. The average Bonchev–Trinajstić information content (AvgIpc) is 3.00. The zero-order valence-electron chi connectivity index (χ0n) is 15.1. The molecule has 1 amide bonds. The Morgan fingerprint density at radius 1 is 1.00 bits per heavy atom. The van der Waals surface area contributed by atoms with E-state index in [-0.39, 0.29) is 25.0 Å². The molecule has 0 spiro atoms. The number of aliphatic carboxylic acids is 1. The predicted molar refractivity (Wildman–Crippen MR) is 99.0 cm³/mol. The summed E-state index contributed by atoms with van der Waals surface area (Å²) in [6, 6.07) is 16.0. The van der Waals surface area contributed by atoms with Gasteiger partial charge in [0.25, 0.3) is 0 Å². The largest absolute Gasteiger partial charge is 0.550 e. The number of likely N-dealkylation sites (tertiary alicyclic amines) is 1. The Balaban J connectivity index is 1.50. The van der Waals surface area contributed by atoms with E-state index < -0.39 is 12.1 Å². The Bertz CT molecular complexity index is 817. The highest BCUT2D eigenvalue weighted by Crippen LogP contribution is 2.44. The standard InChI is InChI=1S/C22H23NO4/c24-21(25)13-15-7-5-6-12-23(15)22(26)27-14-20-18-10-3-1-8-16(18)17-9-2-4-11-19(17)20/h1-4,8-11,15,20H,5-7,12-14H2,(H,24,25)/p-1/t15-/m1/s1. The molecular formula is C22H22NO4-. The first-order valence-corrected chi connectivity index (χ1v) is 9.46. The molecule has 0 aromatic heterocycles. The minimum Gasteiger partial charge on any atom is -0.550 e. The third-order valence-corrected chi connectivity index (χ3v) is 5.60. The summed E-state index contributed by atoms with van der Waals surface area (Å²) in [7, 11) is 0. The number of carbonyl (C=O) groups excluding carboxylic acids is 2. The van der Waals surface area contributed by atoms with Crippen LogP contribution < -0.4 is 5.11 Å². The van der Waals surface area contributed by atoms with E-state index >= 15 is 0 Å². The van der Waals surface area contributed by atoms with E-state index in [1.165, 1.54) is 11.1 Å². The van der Waals surface area contributed by atoms with Crippen LogP contribution in [0.1, 0.15) is 42.7 Å². The normalized spacial score (nSPS) is 18.7. The van der Waals surface area contributed by atoms with Crippen LogP contribution in [0.4, 0.5) is 4.79 Å². The number of rotatable bonds is 4. The zero-order chi connectivity index (χ0) is 18.8. The summed E-state index contributed by atoms with van der Waals surface area (Å²) in [5.41, 5.74) is 4.69. The molecule has 1 aliphatic carbocycles. The Labute approximate surface area is 158 Å². The lowest BCUT2D eigenvalue weighted by Gasteiger charge is -2.35. The molecule has 0 bridgehead atoms. The summed E-state index contributed by atoms with van der Waals surface area (Å²) in [4.78, 5) is 25.2.